The molecule has 0 fully saturated rings. The second kappa shape index (κ2) is 5.49. The molecule has 2 rings (SSSR count). The summed E-state index contributed by atoms with van der Waals surface area (Å²) < 4.78 is 31.5. The van der Waals surface area contributed by atoms with Gasteiger partial charge in [-0.1, -0.05) is 16.8 Å². The van der Waals surface area contributed by atoms with Crippen LogP contribution in [0.15, 0.2) is 38.4 Å². The van der Waals surface area contributed by atoms with E-state index in [4.69, 9.17) is 17.3 Å². The monoisotopic (exact) mass is 365 g/mol. The fourth-order valence-corrected chi connectivity index (χ4v) is 3.64. The van der Waals surface area contributed by atoms with E-state index in [0.29, 0.717) is 5.69 Å². The van der Waals surface area contributed by atoms with Crippen LogP contribution < -0.4 is 10.5 Å². The van der Waals surface area contributed by atoms with Gasteiger partial charge in [-0.15, -0.1) is 0 Å². The van der Waals surface area contributed by atoms with Gasteiger partial charge in [0.2, 0.25) is 10.0 Å². The largest absolute Gasteiger partial charge is 0.398 e. The Morgan fingerprint density at radius 1 is 1.47 bits per heavy atom. The molecule has 0 aliphatic rings. The second-order valence-corrected chi connectivity index (χ2v) is 6.59. The van der Waals surface area contributed by atoms with E-state index in [2.05, 4.69) is 30.3 Å². The maximum atomic E-state index is 12.1. The van der Waals surface area contributed by atoms with Gasteiger partial charge in [0.1, 0.15) is 6.26 Å². The number of halogens is 2. The summed E-state index contributed by atoms with van der Waals surface area (Å²) in [5, 5.41) is 3.84. The Morgan fingerprint density at radius 3 is 2.84 bits per heavy atom. The molecule has 2 aromatic rings. The first kappa shape index (κ1) is 14.3. The van der Waals surface area contributed by atoms with Crippen LogP contribution in [0.25, 0.3) is 0 Å². The van der Waals surface area contributed by atoms with E-state index in [1.165, 1.54) is 18.4 Å². The smallest absolute Gasteiger partial charge is 0.242 e. The molecule has 0 saturated heterocycles. The summed E-state index contributed by atoms with van der Waals surface area (Å²) in [5.74, 6) is 0. The van der Waals surface area contributed by atoms with Gasteiger partial charge in [0.15, 0.2) is 0 Å². The highest BCUT2D eigenvalue weighted by atomic mass is 79.9. The molecule has 0 saturated carbocycles. The third-order valence-corrected chi connectivity index (χ3v) is 5.05. The molecule has 0 aliphatic heterocycles. The lowest BCUT2D eigenvalue weighted by molar-refractivity contribution is 0.411. The number of nitrogens with zero attached hydrogens (tertiary/aromatic N) is 1. The van der Waals surface area contributed by atoms with E-state index in [0.717, 1.165) is 0 Å². The minimum Gasteiger partial charge on any atom is -0.398 e. The number of aromatic nitrogens is 1. The number of nitrogens with two attached hydrogens (primary N) is 1. The van der Waals surface area contributed by atoms with Crippen molar-refractivity contribution in [2.45, 2.75) is 11.4 Å². The maximum absolute atomic E-state index is 12.1. The van der Waals surface area contributed by atoms with Gasteiger partial charge in [-0.05, 0) is 28.1 Å². The molecule has 6 nitrogen and oxygen atoms in total. The zero-order chi connectivity index (χ0) is 14.0. The van der Waals surface area contributed by atoms with E-state index in [1.807, 2.05) is 0 Å². The number of anilines is 1. The summed E-state index contributed by atoms with van der Waals surface area (Å²) in [7, 11) is -3.76. The lowest BCUT2D eigenvalue weighted by Crippen LogP contribution is -2.24. The van der Waals surface area contributed by atoms with Crippen molar-refractivity contribution in [1.82, 2.24) is 9.88 Å². The zero-order valence-corrected chi connectivity index (χ0v) is 12.6. The molecule has 0 aliphatic carbocycles. The van der Waals surface area contributed by atoms with Gasteiger partial charge in [-0.25, -0.2) is 13.1 Å². The third-order valence-electron chi connectivity index (χ3n) is 2.26. The van der Waals surface area contributed by atoms with Crippen LogP contribution in [-0.2, 0) is 16.6 Å². The zero-order valence-electron chi connectivity index (χ0n) is 9.43. The Balaban J connectivity index is 2.29. The Hall–Kier alpha value is -1.09. The van der Waals surface area contributed by atoms with Crippen molar-refractivity contribution in [2.24, 2.45) is 0 Å². The molecule has 3 N–H and O–H groups in total. The van der Waals surface area contributed by atoms with Crippen LogP contribution in [0.5, 0.6) is 0 Å². The second-order valence-electron chi connectivity index (χ2n) is 3.62. The van der Waals surface area contributed by atoms with E-state index in [9.17, 15) is 8.42 Å². The van der Waals surface area contributed by atoms with Gasteiger partial charge in [0.25, 0.3) is 0 Å². The molecular weight excluding hydrogens is 358 g/mol. The standard InChI is InChI=1S/C10H9BrClN3O3S/c11-10-8(13)3-6(12)4-9(10)19(16,17)14-5-7-1-2-18-15-7/h1-4,14H,5,13H2. The van der Waals surface area contributed by atoms with Gasteiger partial charge in [0, 0.05) is 16.8 Å². The molecule has 0 atom stereocenters. The van der Waals surface area contributed by atoms with Crippen molar-refractivity contribution >= 4 is 43.2 Å². The quantitative estimate of drug-likeness (QED) is 0.808. The summed E-state index contributed by atoms with van der Waals surface area (Å²) >= 11 is 8.94. The van der Waals surface area contributed by atoms with Crippen LogP contribution >= 0.6 is 27.5 Å². The number of sulfonamides is 1. The molecule has 0 amide bonds. The molecule has 9 heteroatoms. The number of nitrogens with one attached hydrogen (secondary N) is 1. The van der Waals surface area contributed by atoms with Crippen LogP contribution in [0.2, 0.25) is 5.02 Å². The highest BCUT2D eigenvalue weighted by molar-refractivity contribution is 9.10. The molecule has 102 valence electrons. The summed E-state index contributed by atoms with van der Waals surface area (Å²) in [6.45, 7) is 0.0116. The molecule has 0 unspecified atom stereocenters. The van der Waals surface area contributed by atoms with Gasteiger partial charge in [-0.3, -0.25) is 0 Å². The molecule has 0 radical (unpaired) electrons. The normalized spacial score (nSPS) is 11.7. The van der Waals surface area contributed by atoms with Crippen molar-refractivity contribution in [1.29, 1.82) is 0 Å². The van der Waals surface area contributed by atoms with Gasteiger partial charge < -0.3 is 10.3 Å². The summed E-state index contributed by atoms with van der Waals surface area (Å²) in [6.07, 6.45) is 1.36. The Kier molecular flexibility index (Phi) is 4.14. The maximum Gasteiger partial charge on any atom is 0.242 e. The number of rotatable bonds is 4. The molecule has 1 heterocycles. The third kappa shape index (κ3) is 3.27. The fraction of sp³-hybridized carbons (Fsp3) is 0.100. The average Bonchev–Trinajstić information content (AvgIpc) is 2.84. The molecule has 1 aromatic carbocycles. The van der Waals surface area contributed by atoms with Crippen molar-refractivity contribution in [3.05, 3.63) is 39.7 Å². The molecular formula is C10H9BrClN3O3S. The Bertz CT molecular complexity index is 688. The lowest BCUT2D eigenvalue weighted by atomic mass is 10.3. The SMILES string of the molecule is Nc1cc(Cl)cc(S(=O)(=O)NCc2ccon2)c1Br. The highest BCUT2D eigenvalue weighted by Crippen LogP contribution is 2.31. The van der Waals surface area contributed by atoms with Crippen LogP contribution in [0.1, 0.15) is 5.69 Å². The fourth-order valence-electron chi connectivity index (χ4n) is 1.36. The average molecular weight is 367 g/mol. The molecule has 0 spiro atoms. The first-order valence-corrected chi connectivity index (χ1v) is 7.69. The first-order valence-electron chi connectivity index (χ1n) is 5.03. The lowest BCUT2D eigenvalue weighted by Gasteiger charge is -2.09. The van der Waals surface area contributed by atoms with E-state index in [1.54, 1.807) is 6.07 Å². The topological polar surface area (TPSA) is 98.2 Å². The summed E-state index contributed by atoms with van der Waals surface area (Å²) in [5.41, 5.74) is 6.37. The van der Waals surface area contributed by atoms with Crippen molar-refractivity contribution < 1.29 is 12.9 Å². The van der Waals surface area contributed by atoms with Gasteiger partial charge in [0.05, 0.1) is 21.6 Å². The molecule has 1 aromatic heterocycles. The Morgan fingerprint density at radius 2 is 2.21 bits per heavy atom. The van der Waals surface area contributed by atoms with E-state index < -0.39 is 10.0 Å². The summed E-state index contributed by atoms with van der Waals surface area (Å²) in [6, 6.07) is 4.33. The molecule has 19 heavy (non-hydrogen) atoms. The number of benzene rings is 1. The van der Waals surface area contributed by atoms with Crippen LogP contribution in [-0.4, -0.2) is 13.6 Å². The van der Waals surface area contributed by atoms with Gasteiger partial charge in [-0.2, -0.15) is 0 Å². The molecule has 0 bridgehead atoms. The highest BCUT2D eigenvalue weighted by Gasteiger charge is 2.20. The number of hydrogen-bond acceptors (Lipinski definition) is 5. The summed E-state index contributed by atoms with van der Waals surface area (Å²) in [4.78, 5) is -0.0269. The number of nitrogen functional groups attached to an aromatic ring is 1. The first-order chi connectivity index (χ1) is 8.90. The predicted octanol–water partition coefficient (Wildman–Crippen LogP) is 2.15. The van der Waals surface area contributed by atoms with Crippen molar-refractivity contribution in [2.75, 3.05) is 5.73 Å². The van der Waals surface area contributed by atoms with E-state index >= 15 is 0 Å². The van der Waals surface area contributed by atoms with Crippen molar-refractivity contribution in [3.8, 4) is 0 Å². The van der Waals surface area contributed by atoms with Crippen LogP contribution in [0, 0.1) is 0 Å². The van der Waals surface area contributed by atoms with E-state index in [-0.39, 0.29) is 26.6 Å². The minimum atomic E-state index is -3.76. The van der Waals surface area contributed by atoms with Crippen LogP contribution in [0.3, 0.4) is 0 Å². The number of hydrogen-bond donors (Lipinski definition) is 2. The minimum absolute atomic E-state index is 0.0116. The predicted molar refractivity (Wildman–Crippen MR) is 74.1 cm³/mol. The van der Waals surface area contributed by atoms with Gasteiger partial charge >= 0.3 is 0 Å². The van der Waals surface area contributed by atoms with Crippen molar-refractivity contribution in [3.63, 3.8) is 0 Å². The van der Waals surface area contributed by atoms with Crippen LogP contribution in [0.4, 0.5) is 5.69 Å². The Labute approximate surface area is 123 Å².